The first-order valence-corrected chi connectivity index (χ1v) is 6.55. The zero-order valence-electron chi connectivity index (χ0n) is 11.4. The van der Waals surface area contributed by atoms with Crippen LogP contribution in [-0.4, -0.2) is 42.2 Å². The molecular weight excluding hydrogens is 242 g/mol. The summed E-state index contributed by atoms with van der Waals surface area (Å²) in [5.41, 5.74) is 7.22. The Bertz CT molecular complexity index is 476. The van der Waals surface area contributed by atoms with E-state index in [2.05, 4.69) is 24.2 Å². The Kier molecular flexibility index (Phi) is 3.95. The Balaban J connectivity index is 2.18. The monoisotopic (exact) mass is 263 g/mol. The van der Waals surface area contributed by atoms with Crippen LogP contribution in [0.25, 0.3) is 0 Å². The predicted octanol–water partition coefficient (Wildman–Crippen LogP) is 1.72. The van der Waals surface area contributed by atoms with E-state index in [0.717, 1.165) is 19.5 Å². The molecule has 0 bridgehead atoms. The molecule has 0 amide bonds. The van der Waals surface area contributed by atoms with Gasteiger partial charge in [-0.1, -0.05) is 6.92 Å². The lowest BCUT2D eigenvalue weighted by molar-refractivity contribution is 0.0698. The average molecular weight is 263 g/mol. The van der Waals surface area contributed by atoms with E-state index in [1.165, 1.54) is 0 Å². The van der Waals surface area contributed by atoms with Crippen molar-refractivity contribution in [3.8, 4) is 0 Å². The van der Waals surface area contributed by atoms with Crippen molar-refractivity contribution in [2.24, 2.45) is 5.92 Å². The van der Waals surface area contributed by atoms with Crippen molar-refractivity contribution in [1.29, 1.82) is 0 Å². The third-order valence-corrected chi connectivity index (χ3v) is 3.72. The van der Waals surface area contributed by atoms with Crippen molar-refractivity contribution in [2.45, 2.75) is 19.4 Å². The van der Waals surface area contributed by atoms with E-state index < -0.39 is 5.97 Å². The summed E-state index contributed by atoms with van der Waals surface area (Å²) in [5.74, 6) is -0.454. The molecule has 1 saturated heterocycles. The van der Waals surface area contributed by atoms with Gasteiger partial charge in [-0.25, -0.2) is 4.79 Å². The van der Waals surface area contributed by atoms with Gasteiger partial charge in [-0.15, -0.1) is 0 Å². The molecule has 1 aliphatic rings. The molecule has 2 atom stereocenters. The van der Waals surface area contributed by atoms with E-state index in [0.29, 0.717) is 17.3 Å². The van der Waals surface area contributed by atoms with Crippen molar-refractivity contribution in [1.82, 2.24) is 4.90 Å². The Morgan fingerprint density at radius 3 is 2.89 bits per heavy atom. The minimum atomic E-state index is -0.928. The Morgan fingerprint density at radius 1 is 1.53 bits per heavy atom. The largest absolute Gasteiger partial charge is 0.478 e. The Labute approximate surface area is 113 Å². The minimum Gasteiger partial charge on any atom is -0.478 e. The quantitative estimate of drug-likeness (QED) is 0.724. The molecule has 0 aromatic heterocycles. The summed E-state index contributed by atoms with van der Waals surface area (Å²) in [7, 11) is 2.11. The molecular formula is C14H21N3O2. The number of hydrogen-bond acceptors (Lipinski definition) is 4. The number of aromatic carboxylic acids is 1. The van der Waals surface area contributed by atoms with Crippen LogP contribution in [0.1, 0.15) is 23.7 Å². The summed E-state index contributed by atoms with van der Waals surface area (Å²) in [6, 6.07) is 5.16. The molecule has 0 radical (unpaired) electrons. The van der Waals surface area contributed by atoms with E-state index >= 15 is 0 Å². The molecule has 5 nitrogen and oxygen atoms in total. The number of carbonyl (C=O) groups is 1. The molecule has 0 saturated carbocycles. The van der Waals surface area contributed by atoms with E-state index in [9.17, 15) is 9.90 Å². The SMILES string of the molecule is CC1CN(C)CCC1Nc1cc(N)ccc1C(=O)O. The molecule has 1 aromatic carbocycles. The molecule has 5 heteroatoms. The summed E-state index contributed by atoms with van der Waals surface area (Å²) in [5, 5.41) is 12.6. The Hall–Kier alpha value is -1.75. The third-order valence-electron chi connectivity index (χ3n) is 3.72. The molecule has 104 valence electrons. The minimum absolute atomic E-state index is 0.278. The van der Waals surface area contributed by atoms with E-state index in [-0.39, 0.29) is 11.6 Å². The van der Waals surface area contributed by atoms with Crippen molar-refractivity contribution in [3.63, 3.8) is 0 Å². The fourth-order valence-corrected chi connectivity index (χ4v) is 2.64. The zero-order chi connectivity index (χ0) is 14.0. The summed E-state index contributed by atoms with van der Waals surface area (Å²) >= 11 is 0. The van der Waals surface area contributed by atoms with Crippen molar-refractivity contribution < 1.29 is 9.90 Å². The molecule has 0 spiro atoms. The van der Waals surface area contributed by atoms with E-state index in [1.807, 2.05) is 0 Å². The van der Waals surface area contributed by atoms with Crippen LogP contribution in [0, 0.1) is 5.92 Å². The molecule has 1 fully saturated rings. The number of carboxylic acid groups (broad SMARTS) is 1. The van der Waals surface area contributed by atoms with Crippen LogP contribution in [0.15, 0.2) is 18.2 Å². The van der Waals surface area contributed by atoms with Gasteiger partial charge < -0.3 is 21.1 Å². The second-order valence-electron chi connectivity index (χ2n) is 5.39. The van der Waals surface area contributed by atoms with Gasteiger partial charge in [-0.05, 0) is 44.1 Å². The van der Waals surface area contributed by atoms with Gasteiger partial charge in [0.15, 0.2) is 0 Å². The molecule has 2 rings (SSSR count). The number of anilines is 2. The van der Waals surface area contributed by atoms with Gasteiger partial charge in [0.25, 0.3) is 0 Å². The number of piperidine rings is 1. The van der Waals surface area contributed by atoms with Gasteiger partial charge in [-0.2, -0.15) is 0 Å². The highest BCUT2D eigenvalue weighted by atomic mass is 16.4. The first-order valence-electron chi connectivity index (χ1n) is 6.55. The molecule has 4 N–H and O–H groups in total. The highest BCUT2D eigenvalue weighted by Gasteiger charge is 2.25. The van der Waals surface area contributed by atoms with Crippen molar-refractivity contribution >= 4 is 17.3 Å². The standard InChI is InChI=1S/C14H21N3O2/c1-9-8-17(2)6-5-12(9)16-13-7-10(15)3-4-11(13)14(18)19/h3-4,7,9,12,16H,5-6,8,15H2,1-2H3,(H,18,19). The fourth-order valence-electron chi connectivity index (χ4n) is 2.64. The normalized spacial score (nSPS) is 24.1. The second kappa shape index (κ2) is 5.48. The molecule has 2 unspecified atom stereocenters. The molecule has 0 aliphatic carbocycles. The molecule has 19 heavy (non-hydrogen) atoms. The van der Waals surface area contributed by atoms with Crippen LogP contribution in [0.3, 0.4) is 0 Å². The number of hydrogen-bond donors (Lipinski definition) is 3. The van der Waals surface area contributed by atoms with Gasteiger partial charge in [0, 0.05) is 18.3 Å². The van der Waals surface area contributed by atoms with E-state index in [1.54, 1.807) is 18.2 Å². The number of nitrogens with two attached hydrogens (primary N) is 1. The van der Waals surface area contributed by atoms with Gasteiger partial charge in [-0.3, -0.25) is 0 Å². The van der Waals surface area contributed by atoms with Crippen LogP contribution >= 0.6 is 0 Å². The lowest BCUT2D eigenvalue weighted by atomic mass is 9.93. The van der Waals surface area contributed by atoms with Gasteiger partial charge in [0.05, 0.1) is 11.3 Å². The first kappa shape index (κ1) is 13.7. The number of benzene rings is 1. The highest BCUT2D eigenvalue weighted by Crippen LogP contribution is 2.25. The number of nitrogen functional groups attached to an aromatic ring is 1. The van der Waals surface area contributed by atoms with Gasteiger partial charge in [0.2, 0.25) is 0 Å². The number of rotatable bonds is 3. The van der Waals surface area contributed by atoms with Crippen molar-refractivity contribution in [2.75, 3.05) is 31.2 Å². The number of nitrogens with zero attached hydrogens (tertiary/aromatic N) is 1. The van der Waals surface area contributed by atoms with Crippen LogP contribution < -0.4 is 11.1 Å². The molecule has 1 aromatic rings. The smallest absolute Gasteiger partial charge is 0.337 e. The molecule has 1 aliphatic heterocycles. The summed E-state index contributed by atoms with van der Waals surface area (Å²) < 4.78 is 0. The van der Waals surface area contributed by atoms with Crippen LogP contribution in [-0.2, 0) is 0 Å². The fraction of sp³-hybridized carbons (Fsp3) is 0.500. The van der Waals surface area contributed by atoms with Crippen LogP contribution in [0.4, 0.5) is 11.4 Å². The number of carboxylic acids is 1. The summed E-state index contributed by atoms with van der Waals surface area (Å²) in [6.07, 6.45) is 1.01. The number of nitrogens with one attached hydrogen (secondary N) is 1. The Morgan fingerprint density at radius 2 is 2.26 bits per heavy atom. The lowest BCUT2D eigenvalue weighted by Gasteiger charge is -2.36. The summed E-state index contributed by atoms with van der Waals surface area (Å²) in [4.78, 5) is 13.5. The van der Waals surface area contributed by atoms with Crippen molar-refractivity contribution in [3.05, 3.63) is 23.8 Å². The maximum atomic E-state index is 11.2. The maximum Gasteiger partial charge on any atom is 0.337 e. The first-order chi connectivity index (χ1) is 8.97. The zero-order valence-corrected chi connectivity index (χ0v) is 11.4. The van der Waals surface area contributed by atoms with Crippen LogP contribution in [0.2, 0.25) is 0 Å². The summed E-state index contributed by atoms with van der Waals surface area (Å²) in [6.45, 7) is 4.22. The van der Waals surface area contributed by atoms with E-state index in [4.69, 9.17) is 5.73 Å². The highest BCUT2D eigenvalue weighted by molar-refractivity contribution is 5.95. The van der Waals surface area contributed by atoms with Crippen LogP contribution in [0.5, 0.6) is 0 Å². The molecule has 1 heterocycles. The average Bonchev–Trinajstić information content (AvgIpc) is 2.32. The third kappa shape index (κ3) is 3.17. The van der Waals surface area contributed by atoms with Gasteiger partial charge >= 0.3 is 5.97 Å². The predicted molar refractivity (Wildman–Crippen MR) is 76.5 cm³/mol. The van der Waals surface area contributed by atoms with Gasteiger partial charge in [0.1, 0.15) is 0 Å². The maximum absolute atomic E-state index is 11.2. The second-order valence-corrected chi connectivity index (χ2v) is 5.39. The number of likely N-dealkylation sites (tertiary alicyclic amines) is 1. The lowest BCUT2D eigenvalue weighted by Crippen LogP contribution is -2.43. The topological polar surface area (TPSA) is 78.6 Å².